The normalized spacial score (nSPS) is 12.2. The highest BCUT2D eigenvalue weighted by molar-refractivity contribution is 7.89. The van der Waals surface area contributed by atoms with Crippen molar-refractivity contribution in [3.63, 3.8) is 0 Å². The van der Waals surface area contributed by atoms with Crippen LogP contribution in [0, 0.1) is 11.3 Å². The monoisotopic (exact) mass is 333 g/mol. The molecule has 0 saturated heterocycles. The molecule has 0 bridgehead atoms. The number of hydrogen-bond donors (Lipinski definition) is 3. The van der Waals surface area contributed by atoms with Gasteiger partial charge in [-0.3, -0.25) is 0 Å². The number of aromatic nitrogens is 4. The molecule has 0 unspecified atom stereocenters. The molecule has 0 radical (unpaired) electrons. The summed E-state index contributed by atoms with van der Waals surface area (Å²) in [6.07, 6.45) is 1.33. The summed E-state index contributed by atoms with van der Waals surface area (Å²) in [5, 5.41) is 24.9. The van der Waals surface area contributed by atoms with E-state index in [0.29, 0.717) is 5.69 Å². The van der Waals surface area contributed by atoms with E-state index in [1.807, 2.05) is 6.07 Å². The van der Waals surface area contributed by atoms with Crippen molar-refractivity contribution in [1.82, 2.24) is 25.3 Å². The molecule has 3 N–H and O–H groups in total. The predicted octanol–water partition coefficient (Wildman–Crippen LogP) is 0.863. The Balaban J connectivity index is 2.33. The van der Waals surface area contributed by atoms with Crippen molar-refractivity contribution in [1.29, 1.82) is 5.26 Å². The zero-order valence-electron chi connectivity index (χ0n) is 12.5. The summed E-state index contributed by atoms with van der Waals surface area (Å²) in [5.74, 6) is 0.112. The minimum Gasteiger partial charge on any atom is -0.359 e. The molecule has 0 saturated carbocycles. The summed E-state index contributed by atoms with van der Waals surface area (Å²) < 4.78 is 27.2. The van der Waals surface area contributed by atoms with Gasteiger partial charge >= 0.3 is 0 Å². The summed E-state index contributed by atoms with van der Waals surface area (Å²) in [5.41, 5.74) is 0.444. The lowest BCUT2D eigenvalue weighted by atomic mass is 10.3. The van der Waals surface area contributed by atoms with Crippen LogP contribution in [0.25, 0.3) is 5.57 Å². The van der Waals surface area contributed by atoms with Gasteiger partial charge in [-0.25, -0.2) is 13.1 Å². The highest BCUT2D eigenvalue weighted by Crippen LogP contribution is 2.21. The Kier molecular flexibility index (Phi) is 5.05. The van der Waals surface area contributed by atoms with Crippen molar-refractivity contribution in [2.45, 2.75) is 24.8 Å². The second-order valence-electron chi connectivity index (χ2n) is 4.82. The van der Waals surface area contributed by atoms with Crippen molar-refractivity contribution < 1.29 is 8.42 Å². The van der Waals surface area contributed by atoms with Gasteiger partial charge in [0, 0.05) is 12.2 Å². The van der Waals surface area contributed by atoms with Crippen LogP contribution in [0.15, 0.2) is 35.4 Å². The molecule has 1 heterocycles. The van der Waals surface area contributed by atoms with Gasteiger partial charge in [-0.2, -0.15) is 10.5 Å². The fourth-order valence-electron chi connectivity index (χ4n) is 1.77. The number of para-hydroxylation sites is 1. The van der Waals surface area contributed by atoms with E-state index < -0.39 is 10.0 Å². The van der Waals surface area contributed by atoms with Crippen LogP contribution in [0.1, 0.15) is 19.7 Å². The van der Waals surface area contributed by atoms with Crippen LogP contribution < -0.4 is 10.0 Å². The molecule has 0 amide bonds. The SMILES string of the molecule is CC(C)NS(=O)(=O)c1ccccc1NC=C(C#N)c1nn[nH]n1. The number of nitriles is 1. The quantitative estimate of drug-likeness (QED) is 0.667. The van der Waals surface area contributed by atoms with Crippen LogP contribution in [0.2, 0.25) is 0 Å². The van der Waals surface area contributed by atoms with E-state index in [1.54, 1.807) is 32.0 Å². The van der Waals surface area contributed by atoms with Gasteiger partial charge < -0.3 is 5.32 Å². The Labute approximate surface area is 133 Å². The maximum Gasteiger partial charge on any atom is 0.242 e. The number of anilines is 1. The van der Waals surface area contributed by atoms with Crippen molar-refractivity contribution >= 4 is 21.3 Å². The number of rotatable bonds is 6. The van der Waals surface area contributed by atoms with E-state index in [4.69, 9.17) is 5.26 Å². The lowest BCUT2D eigenvalue weighted by molar-refractivity contribution is 0.570. The molecule has 0 aliphatic carbocycles. The second-order valence-corrected chi connectivity index (χ2v) is 6.50. The topological polar surface area (TPSA) is 136 Å². The van der Waals surface area contributed by atoms with Gasteiger partial charge in [-0.1, -0.05) is 12.1 Å². The first-order chi connectivity index (χ1) is 10.9. The van der Waals surface area contributed by atoms with E-state index in [0.717, 1.165) is 0 Å². The molecule has 2 aromatic rings. The average molecular weight is 333 g/mol. The number of allylic oxidation sites excluding steroid dienone is 1. The van der Waals surface area contributed by atoms with Gasteiger partial charge in [0.25, 0.3) is 0 Å². The summed E-state index contributed by atoms with van der Waals surface area (Å²) in [7, 11) is -3.67. The van der Waals surface area contributed by atoms with Crippen molar-refractivity contribution in [2.75, 3.05) is 5.32 Å². The predicted molar refractivity (Wildman–Crippen MR) is 83.3 cm³/mol. The number of aromatic amines is 1. The molecular weight excluding hydrogens is 318 g/mol. The minimum absolute atomic E-state index is 0.0790. The fourth-order valence-corrected chi connectivity index (χ4v) is 3.19. The molecular formula is C13H15N7O2S. The van der Waals surface area contributed by atoms with Crippen LogP contribution in [0.5, 0.6) is 0 Å². The first-order valence-electron chi connectivity index (χ1n) is 6.66. The molecule has 0 atom stereocenters. The molecule has 0 spiro atoms. The lowest BCUT2D eigenvalue weighted by Gasteiger charge is -2.13. The van der Waals surface area contributed by atoms with E-state index >= 15 is 0 Å². The van der Waals surface area contributed by atoms with E-state index in [-0.39, 0.29) is 22.3 Å². The second kappa shape index (κ2) is 6.99. The third kappa shape index (κ3) is 4.12. The third-order valence-electron chi connectivity index (χ3n) is 2.65. The Bertz CT molecular complexity index is 835. The average Bonchev–Trinajstić information content (AvgIpc) is 3.01. The number of nitrogens with one attached hydrogen (secondary N) is 3. The molecule has 0 aliphatic heterocycles. The summed E-state index contributed by atoms with van der Waals surface area (Å²) in [6, 6.07) is 8.05. The molecule has 10 heteroatoms. The number of sulfonamides is 1. The number of tetrazole rings is 1. The van der Waals surface area contributed by atoms with Gasteiger partial charge in [0.15, 0.2) is 0 Å². The van der Waals surface area contributed by atoms with Crippen LogP contribution in [-0.4, -0.2) is 35.1 Å². The molecule has 120 valence electrons. The maximum atomic E-state index is 12.3. The largest absolute Gasteiger partial charge is 0.359 e. The van der Waals surface area contributed by atoms with Gasteiger partial charge in [0.1, 0.15) is 16.5 Å². The standard InChI is InChI=1S/C13H15N7O2S/c1-9(2)18-23(21,22)12-6-4-3-5-11(12)15-8-10(7-14)13-16-19-20-17-13/h3-6,8-9,15,18H,1-2H3,(H,16,17,19,20). The van der Waals surface area contributed by atoms with Gasteiger partial charge in [-0.05, 0) is 31.2 Å². The van der Waals surface area contributed by atoms with Crippen molar-refractivity contribution in [3.8, 4) is 6.07 Å². The highest BCUT2D eigenvalue weighted by Gasteiger charge is 2.19. The zero-order chi connectivity index (χ0) is 16.9. The Morgan fingerprint density at radius 3 is 2.74 bits per heavy atom. The van der Waals surface area contributed by atoms with Crippen LogP contribution in [0.4, 0.5) is 5.69 Å². The van der Waals surface area contributed by atoms with E-state index in [1.165, 1.54) is 12.3 Å². The Morgan fingerprint density at radius 1 is 1.39 bits per heavy atom. The maximum absolute atomic E-state index is 12.3. The molecule has 0 fully saturated rings. The highest BCUT2D eigenvalue weighted by atomic mass is 32.2. The number of benzene rings is 1. The molecule has 9 nitrogen and oxygen atoms in total. The number of H-pyrrole nitrogens is 1. The summed E-state index contributed by atoms with van der Waals surface area (Å²) >= 11 is 0. The minimum atomic E-state index is -3.67. The third-order valence-corrected chi connectivity index (χ3v) is 4.36. The molecule has 0 aliphatic rings. The van der Waals surface area contributed by atoms with Crippen molar-refractivity contribution in [3.05, 3.63) is 36.3 Å². The zero-order valence-corrected chi connectivity index (χ0v) is 13.3. The smallest absolute Gasteiger partial charge is 0.242 e. The van der Waals surface area contributed by atoms with Gasteiger partial charge in [0.2, 0.25) is 15.8 Å². The van der Waals surface area contributed by atoms with Crippen molar-refractivity contribution in [2.24, 2.45) is 0 Å². The molecule has 1 aromatic heterocycles. The number of hydrogen-bond acceptors (Lipinski definition) is 7. The summed E-state index contributed by atoms with van der Waals surface area (Å²) in [6.45, 7) is 3.47. The first kappa shape index (κ1) is 16.6. The first-order valence-corrected chi connectivity index (χ1v) is 8.14. The van der Waals surface area contributed by atoms with E-state index in [2.05, 4.69) is 30.7 Å². The molecule has 2 rings (SSSR count). The van der Waals surface area contributed by atoms with Crippen LogP contribution in [0.3, 0.4) is 0 Å². The summed E-state index contributed by atoms with van der Waals surface area (Å²) in [4.78, 5) is 0.0790. The lowest BCUT2D eigenvalue weighted by Crippen LogP contribution is -2.30. The van der Waals surface area contributed by atoms with Gasteiger partial charge in [0.05, 0.1) is 5.69 Å². The van der Waals surface area contributed by atoms with E-state index in [9.17, 15) is 8.42 Å². The fraction of sp³-hybridized carbons (Fsp3) is 0.231. The number of nitrogens with zero attached hydrogens (tertiary/aromatic N) is 4. The molecule has 23 heavy (non-hydrogen) atoms. The van der Waals surface area contributed by atoms with Crippen LogP contribution in [-0.2, 0) is 10.0 Å². The van der Waals surface area contributed by atoms with Gasteiger partial charge in [-0.15, -0.1) is 10.2 Å². The van der Waals surface area contributed by atoms with Crippen LogP contribution >= 0.6 is 0 Å². The molecule has 1 aromatic carbocycles. The Morgan fingerprint density at radius 2 is 2.13 bits per heavy atom. The Hall–Kier alpha value is -2.77.